The van der Waals surface area contributed by atoms with Crippen molar-refractivity contribution < 1.29 is 18.0 Å². The van der Waals surface area contributed by atoms with Gasteiger partial charge in [-0.05, 0) is 37.6 Å². The molecule has 2 aliphatic rings. The van der Waals surface area contributed by atoms with E-state index in [2.05, 4.69) is 5.32 Å². The topological polar surface area (TPSA) is 90.0 Å². The number of urea groups is 1. The minimum Gasteiger partial charge on any atom is -0.322 e. The Kier molecular flexibility index (Phi) is 5.19. The first-order valence-electron chi connectivity index (χ1n) is 8.69. The summed E-state index contributed by atoms with van der Waals surface area (Å²) in [4.78, 5) is 27.7. The van der Waals surface area contributed by atoms with Gasteiger partial charge in [0.25, 0.3) is 0 Å². The molecule has 8 nitrogen and oxygen atoms in total. The Morgan fingerprint density at radius 2 is 1.73 bits per heavy atom. The number of anilines is 2. The molecule has 26 heavy (non-hydrogen) atoms. The SMILES string of the molecule is C[C@H]1CCC(=O)N1c1ccc(NC(=O)N2CCN(S(C)(=O)=O)CC2)cc1. The maximum Gasteiger partial charge on any atom is 0.321 e. The normalized spacial score (nSPS) is 21.9. The second kappa shape index (κ2) is 7.24. The van der Waals surface area contributed by atoms with Crippen LogP contribution in [0.15, 0.2) is 24.3 Å². The van der Waals surface area contributed by atoms with Crippen LogP contribution in [0.3, 0.4) is 0 Å². The predicted molar refractivity (Wildman–Crippen MR) is 99.6 cm³/mol. The number of hydrogen-bond donors (Lipinski definition) is 1. The van der Waals surface area contributed by atoms with Crippen molar-refractivity contribution in [1.29, 1.82) is 0 Å². The number of nitrogens with one attached hydrogen (secondary N) is 1. The van der Waals surface area contributed by atoms with E-state index in [1.807, 2.05) is 19.1 Å². The fraction of sp³-hybridized carbons (Fsp3) is 0.529. The summed E-state index contributed by atoms with van der Waals surface area (Å²) < 4.78 is 24.4. The number of sulfonamides is 1. The monoisotopic (exact) mass is 380 g/mol. The minimum atomic E-state index is -3.21. The van der Waals surface area contributed by atoms with Crippen molar-refractivity contribution in [2.24, 2.45) is 0 Å². The predicted octanol–water partition coefficient (Wildman–Crippen LogP) is 1.31. The van der Waals surface area contributed by atoms with E-state index < -0.39 is 10.0 Å². The minimum absolute atomic E-state index is 0.123. The van der Waals surface area contributed by atoms with Gasteiger partial charge in [-0.2, -0.15) is 4.31 Å². The summed E-state index contributed by atoms with van der Waals surface area (Å²) in [6.07, 6.45) is 2.60. The van der Waals surface area contributed by atoms with Crippen LogP contribution in [0.25, 0.3) is 0 Å². The lowest BCUT2D eigenvalue weighted by Gasteiger charge is -2.33. The molecule has 2 heterocycles. The van der Waals surface area contributed by atoms with Crippen molar-refractivity contribution >= 4 is 33.3 Å². The molecule has 0 spiro atoms. The summed E-state index contributed by atoms with van der Waals surface area (Å²) in [6, 6.07) is 7.15. The second-order valence-corrected chi connectivity index (χ2v) is 8.76. The lowest BCUT2D eigenvalue weighted by atomic mass is 10.2. The van der Waals surface area contributed by atoms with Gasteiger partial charge in [0.1, 0.15) is 0 Å². The first-order valence-corrected chi connectivity index (χ1v) is 10.5. The zero-order valence-corrected chi connectivity index (χ0v) is 15.8. The Morgan fingerprint density at radius 3 is 2.23 bits per heavy atom. The van der Waals surface area contributed by atoms with Crippen LogP contribution in [0.4, 0.5) is 16.2 Å². The third-order valence-electron chi connectivity index (χ3n) is 4.88. The molecule has 1 aromatic rings. The van der Waals surface area contributed by atoms with E-state index in [9.17, 15) is 18.0 Å². The van der Waals surface area contributed by atoms with Crippen LogP contribution < -0.4 is 10.2 Å². The van der Waals surface area contributed by atoms with Crippen molar-refractivity contribution in [3.63, 3.8) is 0 Å². The molecule has 2 aliphatic heterocycles. The van der Waals surface area contributed by atoms with Crippen molar-refractivity contribution in [3.8, 4) is 0 Å². The molecular weight excluding hydrogens is 356 g/mol. The zero-order chi connectivity index (χ0) is 18.9. The lowest BCUT2D eigenvalue weighted by Crippen LogP contribution is -2.51. The first-order chi connectivity index (χ1) is 12.3. The van der Waals surface area contributed by atoms with E-state index in [0.717, 1.165) is 12.1 Å². The molecule has 142 valence electrons. The largest absolute Gasteiger partial charge is 0.322 e. The molecule has 2 saturated heterocycles. The fourth-order valence-electron chi connectivity index (χ4n) is 3.36. The molecule has 1 atom stereocenters. The Morgan fingerprint density at radius 1 is 1.12 bits per heavy atom. The fourth-order valence-corrected chi connectivity index (χ4v) is 4.18. The molecule has 0 aliphatic carbocycles. The first kappa shape index (κ1) is 18.7. The number of nitrogens with zero attached hydrogens (tertiary/aromatic N) is 3. The van der Waals surface area contributed by atoms with Crippen LogP contribution >= 0.6 is 0 Å². The second-order valence-electron chi connectivity index (χ2n) is 6.78. The van der Waals surface area contributed by atoms with Crippen LogP contribution in [0.1, 0.15) is 19.8 Å². The summed E-state index contributed by atoms with van der Waals surface area (Å²) >= 11 is 0. The van der Waals surface area contributed by atoms with Gasteiger partial charge in [-0.1, -0.05) is 0 Å². The Balaban J connectivity index is 1.58. The Labute approximate surface area is 153 Å². The van der Waals surface area contributed by atoms with Gasteiger partial charge >= 0.3 is 6.03 Å². The number of piperazine rings is 1. The van der Waals surface area contributed by atoms with Gasteiger partial charge in [-0.3, -0.25) is 4.79 Å². The smallest absolute Gasteiger partial charge is 0.321 e. The molecule has 3 amide bonds. The molecule has 2 fully saturated rings. The summed E-state index contributed by atoms with van der Waals surface area (Å²) in [5, 5.41) is 2.82. The highest BCUT2D eigenvalue weighted by atomic mass is 32.2. The maximum atomic E-state index is 12.4. The number of rotatable bonds is 3. The molecule has 1 N–H and O–H groups in total. The van der Waals surface area contributed by atoms with Gasteiger partial charge < -0.3 is 15.1 Å². The van der Waals surface area contributed by atoms with E-state index in [0.29, 0.717) is 38.3 Å². The molecule has 9 heteroatoms. The average molecular weight is 380 g/mol. The van der Waals surface area contributed by atoms with E-state index in [-0.39, 0.29) is 18.0 Å². The van der Waals surface area contributed by atoms with Crippen molar-refractivity contribution in [3.05, 3.63) is 24.3 Å². The van der Waals surface area contributed by atoms with Gasteiger partial charge in [0.15, 0.2) is 0 Å². The van der Waals surface area contributed by atoms with Gasteiger partial charge in [0.05, 0.1) is 6.26 Å². The number of hydrogen-bond acceptors (Lipinski definition) is 4. The molecule has 0 radical (unpaired) electrons. The molecule has 3 rings (SSSR count). The van der Waals surface area contributed by atoms with E-state index in [1.165, 1.54) is 10.6 Å². The van der Waals surface area contributed by atoms with Gasteiger partial charge in [0, 0.05) is 50.0 Å². The van der Waals surface area contributed by atoms with Gasteiger partial charge in [-0.25, -0.2) is 13.2 Å². The highest BCUT2D eigenvalue weighted by molar-refractivity contribution is 7.88. The highest BCUT2D eigenvalue weighted by Crippen LogP contribution is 2.27. The van der Waals surface area contributed by atoms with E-state index >= 15 is 0 Å². The van der Waals surface area contributed by atoms with Crippen LogP contribution in [-0.2, 0) is 14.8 Å². The molecule has 0 unspecified atom stereocenters. The van der Waals surface area contributed by atoms with Crippen molar-refractivity contribution in [1.82, 2.24) is 9.21 Å². The Bertz CT molecular complexity index is 785. The molecule has 0 bridgehead atoms. The van der Waals surface area contributed by atoms with Crippen LogP contribution in [0.5, 0.6) is 0 Å². The van der Waals surface area contributed by atoms with E-state index in [4.69, 9.17) is 0 Å². The highest BCUT2D eigenvalue weighted by Gasteiger charge is 2.29. The van der Waals surface area contributed by atoms with Crippen LogP contribution in [0, 0.1) is 0 Å². The van der Waals surface area contributed by atoms with Crippen molar-refractivity contribution in [2.45, 2.75) is 25.8 Å². The quantitative estimate of drug-likeness (QED) is 0.856. The molecular formula is C17H24N4O4S. The number of amides is 3. The van der Waals surface area contributed by atoms with Crippen LogP contribution in [0.2, 0.25) is 0 Å². The zero-order valence-electron chi connectivity index (χ0n) is 15.0. The average Bonchev–Trinajstić information content (AvgIpc) is 2.94. The molecule has 1 aromatic carbocycles. The van der Waals surface area contributed by atoms with Gasteiger partial charge in [0.2, 0.25) is 15.9 Å². The lowest BCUT2D eigenvalue weighted by molar-refractivity contribution is -0.117. The maximum absolute atomic E-state index is 12.4. The Hall–Kier alpha value is -2.13. The third kappa shape index (κ3) is 3.99. The number of carbonyl (C=O) groups excluding carboxylic acids is 2. The van der Waals surface area contributed by atoms with Crippen molar-refractivity contribution in [2.75, 3.05) is 42.7 Å². The van der Waals surface area contributed by atoms with Gasteiger partial charge in [-0.15, -0.1) is 0 Å². The van der Waals surface area contributed by atoms with E-state index in [1.54, 1.807) is 21.9 Å². The van der Waals surface area contributed by atoms with Crippen LogP contribution in [-0.4, -0.2) is 68.0 Å². The molecule has 0 aromatic heterocycles. The standard InChI is InChI=1S/C17H24N4O4S/c1-13-3-8-16(22)21(13)15-6-4-14(5-7-15)18-17(23)19-9-11-20(12-10-19)26(2,24)25/h4-7,13H,3,8-12H2,1-2H3,(H,18,23)/t13-/m0/s1. The summed E-state index contributed by atoms with van der Waals surface area (Å²) in [5.74, 6) is 0.123. The number of benzene rings is 1. The number of carbonyl (C=O) groups is 2. The molecule has 0 saturated carbocycles. The summed E-state index contributed by atoms with van der Waals surface area (Å²) in [7, 11) is -3.21. The summed E-state index contributed by atoms with van der Waals surface area (Å²) in [5.41, 5.74) is 1.48. The summed E-state index contributed by atoms with van der Waals surface area (Å²) in [6.45, 7) is 3.35. The third-order valence-corrected chi connectivity index (χ3v) is 6.18.